The van der Waals surface area contributed by atoms with E-state index in [4.69, 9.17) is 0 Å². The molecule has 2 N–H and O–H groups in total. The van der Waals surface area contributed by atoms with E-state index in [0.717, 1.165) is 31.5 Å². The van der Waals surface area contributed by atoms with Gasteiger partial charge >= 0.3 is 0 Å². The zero-order valence-corrected chi connectivity index (χ0v) is 9.63. The lowest BCUT2D eigenvalue weighted by Gasteiger charge is -2.31. The molecule has 1 aliphatic rings. The van der Waals surface area contributed by atoms with Crippen molar-refractivity contribution >= 4 is 5.69 Å². The minimum Gasteiger partial charge on any atom is -0.393 e. The fourth-order valence-corrected chi connectivity index (χ4v) is 2.09. The number of aliphatic hydroxyl groups excluding tert-OH is 2. The van der Waals surface area contributed by atoms with Gasteiger partial charge < -0.3 is 15.1 Å². The molecule has 0 aromatic heterocycles. The van der Waals surface area contributed by atoms with Crippen LogP contribution in [0.1, 0.15) is 31.4 Å². The van der Waals surface area contributed by atoms with Crippen molar-refractivity contribution < 1.29 is 10.2 Å². The van der Waals surface area contributed by atoms with Gasteiger partial charge in [0.15, 0.2) is 0 Å². The zero-order valence-electron chi connectivity index (χ0n) is 9.63. The predicted molar refractivity (Wildman–Crippen MR) is 64.5 cm³/mol. The van der Waals surface area contributed by atoms with Crippen molar-refractivity contribution in [2.75, 3.05) is 18.0 Å². The van der Waals surface area contributed by atoms with Gasteiger partial charge in [0.25, 0.3) is 0 Å². The molecule has 16 heavy (non-hydrogen) atoms. The fraction of sp³-hybridized carbons (Fsp3) is 0.538. The van der Waals surface area contributed by atoms with E-state index in [1.54, 1.807) is 6.92 Å². The summed E-state index contributed by atoms with van der Waals surface area (Å²) in [4.78, 5) is 2.28. The third-order valence-electron chi connectivity index (χ3n) is 3.21. The van der Waals surface area contributed by atoms with E-state index < -0.39 is 6.10 Å². The Morgan fingerprint density at radius 3 is 2.25 bits per heavy atom. The number of nitrogens with zero attached hydrogens (tertiary/aromatic N) is 1. The number of benzene rings is 1. The maximum Gasteiger partial charge on any atom is 0.0761 e. The van der Waals surface area contributed by atoms with Gasteiger partial charge in [0, 0.05) is 18.8 Å². The lowest BCUT2D eigenvalue weighted by molar-refractivity contribution is 0.145. The SMILES string of the molecule is C[C@@H](O)c1ccc(N2CCC(O)CC2)cc1. The monoisotopic (exact) mass is 221 g/mol. The Hall–Kier alpha value is -1.06. The van der Waals surface area contributed by atoms with E-state index in [-0.39, 0.29) is 6.10 Å². The van der Waals surface area contributed by atoms with Crippen molar-refractivity contribution in [3.8, 4) is 0 Å². The van der Waals surface area contributed by atoms with Crippen LogP contribution >= 0.6 is 0 Å². The molecule has 0 unspecified atom stereocenters. The van der Waals surface area contributed by atoms with Gasteiger partial charge in [-0.05, 0) is 37.5 Å². The summed E-state index contributed by atoms with van der Waals surface area (Å²) in [6, 6.07) is 8.01. The Morgan fingerprint density at radius 2 is 1.75 bits per heavy atom. The molecule has 1 atom stereocenters. The molecule has 1 saturated heterocycles. The van der Waals surface area contributed by atoms with Gasteiger partial charge in [0.05, 0.1) is 12.2 Å². The smallest absolute Gasteiger partial charge is 0.0761 e. The van der Waals surface area contributed by atoms with Gasteiger partial charge in [-0.3, -0.25) is 0 Å². The summed E-state index contributed by atoms with van der Waals surface area (Å²) in [5, 5.41) is 18.8. The summed E-state index contributed by atoms with van der Waals surface area (Å²) < 4.78 is 0. The van der Waals surface area contributed by atoms with Gasteiger partial charge in [-0.2, -0.15) is 0 Å². The molecule has 3 nitrogen and oxygen atoms in total. The first-order valence-electron chi connectivity index (χ1n) is 5.88. The molecule has 1 aromatic rings. The number of piperidine rings is 1. The highest BCUT2D eigenvalue weighted by Gasteiger charge is 2.17. The van der Waals surface area contributed by atoms with Crippen LogP contribution in [0.25, 0.3) is 0 Å². The van der Waals surface area contributed by atoms with Crippen molar-refractivity contribution in [2.24, 2.45) is 0 Å². The maximum absolute atomic E-state index is 9.43. The van der Waals surface area contributed by atoms with Crippen LogP contribution in [0.2, 0.25) is 0 Å². The summed E-state index contributed by atoms with van der Waals surface area (Å²) >= 11 is 0. The van der Waals surface area contributed by atoms with Crippen molar-refractivity contribution in [1.82, 2.24) is 0 Å². The second-order valence-electron chi connectivity index (χ2n) is 4.49. The van der Waals surface area contributed by atoms with Crippen LogP contribution in [-0.2, 0) is 0 Å². The molecule has 0 aliphatic carbocycles. The molecule has 0 saturated carbocycles. The molecule has 1 fully saturated rings. The lowest BCUT2D eigenvalue weighted by Crippen LogP contribution is -2.35. The number of rotatable bonds is 2. The predicted octanol–water partition coefficient (Wildman–Crippen LogP) is 1.70. The van der Waals surface area contributed by atoms with E-state index in [1.165, 1.54) is 5.69 Å². The summed E-state index contributed by atoms with van der Waals surface area (Å²) in [7, 11) is 0. The van der Waals surface area contributed by atoms with E-state index in [2.05, 4.69) is 4.90 Å². The minimum atomic E-state index is -0.405. The minimum absolute atomic E-state index is 0.131. The Morgan fingerprint density at radius 1 is 1.19 bits per heavy atom. The van der Waals surface area contributed by atoms with Gasteiger partial charge in [-0.25, -0.2) is 0 Å². The number of aliphatic hydroxyl groups is 2. The van der Waals surface area contributed by atoms with Crippen LogP contribution in [-0.4, -0.2) is 29.4 Å². The average Bonchev–Trinajstić information content (AvgIpc) is 2.30. The molecule has 0 radical (unpaired) electrons. The van der Waals surface area contributed by atoms with Crippen molar-refractivity contribution in [2.45, 2.75) is 32.0 Å². The first-order valence-corrected chi connectivity index (χ1v) is 5.88. The molecule has 0 spiro atoms. The summed E-state index contributed by atoms with van der Waals surface area (Å²) in [6.45, 7) is 3.59. The zero-order chi connectivity index (χ0) is 11.5. The summed E-state index contributed by atoms with van der Waals surface area (Å²) in [5.41, 5.74) is 2.12. The van der Waals surface area contributed by atoms with E-state index in [0.29, 0.717) is 0 Å². The molecule has 0 amide bonds. The molecule has 1 heterocycles. The molecule has 88 valence electrons. The average molecular weight is 221 g/mol. The highest BCUT2D eigenvalue weighted by Crippen LogP contribution is 2.22. The van der Waals surface area contributed by atoms with Crippen molar-refractivity contribution in [3.63, 3.8) is 0 Å². The molecular weight excluding hydrogens is 202 g/mol. The Kier molecular flexibility index (Phi) is 3.46. The van der Waals surface area contributed by atoms with Crippen molar-refractivity contribution in [1.29, 1.82) is 0 Å². The standard InChI is InChI=1S/C13H19NO2/c1-10(15)11-2-4-12(5-3-11)14-8-6-13(16)7-9-14/h2-5,10,13,15-16H,6-9H2,1H3/t10-/m1/s1. The Balaban J connectivity index is 2.04. The first kappa shape index (κ1) is 11.4. The van der Waals surface area contributed by atoms with Gasteiger partial charge in [0.2, 0.25) is 0 Å². The Labute approximate surface area is 96.3 Å². The van der Waals surface area contributed by atoms with E-state index in [9.17, 15) is 10.2 Å². The highest BCUT2D eigenvalue weighted by atomic mass is 16.3. The van der Waals surface area contributed by atoms with Crippen LogP contribution in [0.4, 0.5) is 5.69 Å². The van der Waals surface area contributed by atoms with E-state index in [1.807, 2.05) is 24.3 Å². The third-order valence-corrected chi connectivity index (χ3v) is 3.21. The third kappa shape index (κ3) is 2.54. The molecule has 1 aliphatic heterocycles. The normalized spacial score (nSPS) is 19.8. The molecular formula is C13H19NO2. The van der Waals surface area contributed by atoms with Crippen LogP contribution in [0.15, 0.2) is 24.3 Å². The quantitative estimate of drug-likeness (QED) is 0.799. The Bertz CT molecular complexity index is 326. The lowest BCUT2D eigenvalue weighted by atomic mass is 10.1. The van der Waals surface area contributed by atoms with E-state index >= 15 is 0 Å². The fourth-order valence-electron chi connectivity index (χ4n) is 2.09. The van der Waals surface area contributed by atoms with Gasteiger partial charge in [-0.1, -0.05) is 12.1 Å². The molecule has 2 rings (SSSR count). The first-order chi connectivity index (χ1) is 7.66. The van der Waals surface area contributed by atoms with Crippen LogP contribution in [0.3, 0.4) is 0 Å². The molecule has 1 aromatic carbocycles. The van der Waals surface area contributed by atoms with Gasteiger partial charge in [-0.15, -0.1) is 0 Å². The maximum atomic E-state index is 9.43. The topological polar surface area (TPSA) is 43.7 Å². The number of hydrogen-bond donors (Lipinski definition) is 2. The largest absolute Gasteiger partial charge is 0.393 e. The van der Waals surface area contributed by atoms with Gasteiger partial charge in [0.1, 0.15) is 0 Å². The number of hydrogen-bond acceptors (Lipinski definition) is 3. The second-order valence-corrected chi connectivity index (χ2v) is 4.49. The molecule has 0 bridgehead atoms. The second kappa shape index (κ2) is 4.85. The summed E-state index contributed by atoms with van der Waals surface area (Å²) in [6.07, 6.45) is 1.15. The van der Waals surface area contributed by atoms with Crippen LogP contribution in [0, 0.1) is 0 Å². The van der Waals surface area contributed by atoms with Crippen LogP contribution in [0.5, 0.6) is 0 Å². The van der Waals surface area contributed by atoms with Crippen LogP contribution < -0.4 is 4.90 Å². The molecule has 3 heteroatoms. The van der Waals surface area contributed by atoms with Crippen molar-refractivity contribution in [3.05, 3.63) is 29.8 Å². The summed E-state index contributed by atoms with van der Waals surface area (Å²) in [5.74, 6) is 0. The highest BCUT2D eigenvalue weighted by molar-refractivity contribution is 5.48. The number of anilines is 1.